The van der Waals surface area contributed by atoms with Crippen molar-refractivity contribution in [3.63, 3.8) is 0 Å². The van der Waals surface area contributed by atoms with Gasteiger partial charge in [0, 0.05) is 50.3 Å². The molecule has 9 heteroatoms. The van der Waals surface area contributed by atoms with Crippen molar-refractivity contribution in [1.82, 2.24) is 34.3 Å². The summed E-state index contributed by atoms with van der Waals surface area (Å²) in [5.74, 6) is 0.389. The molecule has 9 nitrogen and oxygen atoms in total. The van der Waals surface area contributed by atoms with Crippen LogP contribution >= 0.6 is 0 Å². The molecule has 5 N–H and O–H groups in total. The number of nitrogens with zero attached hydrogens (tertiary/aromatic N) is 6. The van der Waals surface area contributed by atoms with E-state index in [-0.39, 0.29) is 0 Å². The Morgan fingerprint density at radius 1 is 0.917 bits per heavy atom. The average molecular weight is 482 g/mol. The van der Waals surface area contributed by atoms with Gasteiger partial charge in [0.05, 0.1) is 18.4 Å². The first-order chi connectivity index (χ1) is 17.6. The minimum atomic E-state index is 0.389. The van der Waals surface area contributed by atoms with Crippen molar-refractivity contribution < 1.29 is 0 Å². The minimum Gasteiger partial charge on any atom is -0.382 e. The number of imidazole rings is 1. The van der Waals surface area contributed by atoms with Crippen molar-refractivity contribution in [1.29, 1.82) is 0 Å². The molecule has 5 aromatic rings. The van der Waals surface area contributed by atoms with Gasteiger partial charge in [-0.15, -0.1) is 0 Å². The summed E-state index contributed by atoms with van der Waals surface area (Å²) in [7, 11) is 2.19. The van der Waals surface area contributed by atoms with Crippen LogP contribution in [-0.2, 0) is 19.6 Å². The molecule has 0 atom stereocenters. The molecule has 1 aliphatic heterocycles. The quantitative estimate of drug-likeness (QED) is 0.341. The van der Waals surface area contributed by atoms with Gasteiger partial charge < -0.3 is 25.9 Å². The van der Waals surface area contributed by atoms with Crippen LogP contribution in [0.5, 0.6) is 0 Å². The fourth-order valence-corrected chi connectivity index (χ4v) is 5.04. The fourth-order valence-electron chi connectivity index (χ4n) is 5.04. The van der Waals surface area contributed by atoms with Crippen LogP contribution in [0.1, 0.15) is 16.8 Å². The van der Waals surface area contributed by atoms with Crippen molar-refractivity contribution in [2.75, 3.05) is 39.0 Å². The lowest BCUT2D eigenvalue weighted by atomic mass is 9.99. The highest BCUT2D eigenvalue weighted by molar-refractivity contribution is 5.89. The number of fused-ring (bicyclic) bond motifs is 2. The van der Waals surface area contributed by atoms with Crippen LogP contribution in [0, 0.1) is 0 Å². The number of likely N-dealkylation sites (N-methyl/N-ethyl adjacent to an activating group) is 1. The third-order valence-corrected chi connectivity index (χ3v) is 7.15. The van der Waals surface area contributed by atoms with Crippen LogP contribution in [0.25, 0.3) is 33.2 Å². The summed E-state index contributed by atoms with van der Waals surface area (Å²) in [4.78, 5) is 21.3. The number of rotatable bonds is 6. The molecule has 0 bridgehead atoms. The smallest absolute Gasteiger partial charge is 0.165 e. The van der Waals surface area contributed by atoms with Crippen LogP contribution in [0.4, 0.5) is 5.82 Å². The second-order valence-electron chi connectivity index (χ2n) is 9.68. The molecule has 0 amide bonds. The zero-order valence-corrected chi connectivity index (χ0v) is 20.5. The molecule has 0 aliphatic carbocycles. The van der Waals surface area contributed by atoms with E-state index in [9.17, 15) is 0 Å². The lowest BCUT2D eigenvalue weighted by Gasteiger charge is -2.32. The standard InChI is InChI=1S/C27H31N9/c1-34-6-8-35(9-7-34)14-18-2-4-19(5-3-18)20-10-21-12-23(13-28)33-24(21)22(11-20)15-36-17-32-25-26(29)30-16-31-27(25)36/h2-5,10-12,16-17,33H,6-9,13-15,28H2,1H3,(H2,29,30,31). The first kappa shape index (κ1) is 22.7. The SMILES string of the molecule is CN1CCN(Cc2ccc(-c3cc(Cn4cnc5c(N)ncnc54)c4[nH]c(CN)cc4c3)cc2)CC1. The van der Waals surface area contributed by atoms with Gasteiger partial charge in [0.25, 0.3) is 0 Å². The molecule has 1 saturated heterocycles. The number of hydrogen-bond donors (Lipinski definition) is 3. The highest BCUT2D eigenvalue weighted by Gasteiger charge is 2.15. The van der Waals surface area contributed by atoms with E-state index in [1.54, 1.807) is 6.33 Å². The Labute approximate surface area is 209 Å². The summed E-state index contributed by atoms with van der Waals surface area (Å²) >= 11 is 0. The lowest BCUT2D eigenvalue weighted by Crippen LogP contribution is -2.43. The monoisotopic (exact) mass is 481 g/mol. The normalized spacial score (nSPS) is 15.3. The number of piperazine rings is 1. The van der Waals surface area contributed by atoms with Crippen LogP contribution in [-0.4, -0.2) is 67.5 Å². The summed E-state index contributed by atoms with van der Waals surface area (Å²) in [5, 5.41) is 1.14. The van der Waals surface area contributed by atoms with Crippen LogP contribution < -0.4 is 11.5 Å². The molecule has 1 aliphatic rings. The molecule has 4 heterocycles. The fraction of sp³-hybridized carbons (Fsp3) is 0.296. The average Bonchev–Trinajstić information content (AvgIpc) is 3.51. The molecule has 1 fully saturated rings. The highest BCUT2D eigenvalue weighted by Crippen LogP contribution is 2.30. The second kappa shape index (κ2) is 9.34. The third kappa shape index (κ3) is 4.32. The van der Waals surface area contributed by atoms with E-state index >= 15 is 0 Å². The number of aromatic nitrogens is 5. The van der Waals surface area contributed by atoms with Gasteiger partial charge in [-0.25, -0.2) is 15.0 Å². The summed E-state index contributed by atoms with van der Waals surface area (Å²) < 4.78 is 2.01. The first-order valence-corrected chi connectivity index (χ1v) is 12.3. The zero-order chi connectivity index (χ0) is 24.6. The number of nitrogens with two attached hydrogens (primary N) is 2. The summed E-state index contributed by atoms with van der Waals surface area (Å²) in [5.41, 5.74) is 20.2. The summed E-state index contributed by atoms with van der Waals surface area (Å²) in [6.45, 7) is 6.56. The number of anilines is 1. The third-order valence-electron chi connectivity index (χ3n) is 7.15. The molecule has 0 radical (unpaired) electrons. The van der Waals surface area contributed by atoms with Gasteiger partial charge in [-0.05, 0) is 47.5 Å². The number of benzene rings is 2. The summed E-state index contributed by atoms with van der Waals surface area (Å²) in [6.07, 6.45) is 3.25. The van der Waals surface area contributed by atoms with Gasteiger partial charge in [0.2, 0.25) is 0 Å². The van der Waals surface area contributed by atoms with E-state index in [1.165, 1.54) is 23.0 Å². The van der Waals surface area contributed by atoms with Crippen LogP contribution in [0.3, 0.4) is 0 Å². The van der Waals surface area contributed by atoms with Crippen LogP contribution in [0.15, 0.2) is 55.1 Å². The second-order valence-corrected chi connectivity index (χ2v) is 9.68. The van der Waals surface area contributed by atoms with Gasteiger partial charge >= 0.3 is 0 Å². The van der Waals surface area contributed by atoms with Crippen molar-refractivity contribution in [2.45, 2.75) is 19.6 Å². The van der Waals surface area contributed by atoms with Crippen LogP contribution in [0.2, 0.25) is 0 Å². The maximum Gasteiger partial charge on any atom is 0.165 e. The van der Waals surface area contributed by atoms with E-state index in [0.717, 1.165) is 60.5 Å². The van der Waals surface area contributed by atoms with E-state index in [4.69, 9.17) is 11.5 Å². The van der Waals surface area contributed by atoms with Crippen molar-refractivity contribution in [3.8, 4) is 11.1 Å². The van der Waals surface area contributed by atoms with Gasteiger partial charge in [-0.1, -0.05) is 24.3 Å². The predicted octanol–water partition coefficient (Wildman–Crippen LogP) is 2.81. The number of nitrogens with one attached hydrogen (secondary N) is 1. The molecule has 0 spiro atoms. The Balaban J connectivity index is 1.33. The van der Waals surface area contributed by atoms with E-state index in [2.05, 4.69) is 79.2 Å². The van der Waals surface area contributed by atoms with Crippen molar-refractivity contribution >= 4 is 27.9 Å². The van der Waals surface area contributed by atoms with Gasteiger partial charge in [0.1, 0.15) is 11.8 Å². The molecule has 3 aromatic heterocycles. The molecule has 6 rings (SSSR count). The highest BCUT2D eigenvalue weighted by atomic mass is 15.2. The zero-order valence-electron chi connectivity index (χ0n) is 20.5. The van der Waals surface area contributed by atoms with Crippen molar-refractivity contribution in [3.05, 3.63) is 71.9 Å². The Bertz CT molecular complexity index is 1510. The number of H-pyrrole nitrogens is 1. The molecule has 0 unspecified atom stereocenters. The topological polar surface area (TPSA) is 118 Å². The molecule has 0 saturated carbocycles. The van der Waals surface area contributed by atoms with Gasteiger partial charge in [0.15, 0.2) is 11.5 Å². The van der Waals surface area contributed by atoms with E-state index in [0.29, 0.717) is 24.4 Å². The minimum absolute atomic E-state index is 0.389. The molecular weight excluding hydrogens is 450 g/mol. The van der Waals surface area contributed by atoms with E-state index < -0.39 is 0 Å². The molecule has 184 valence electrons. The summed E-state index contributed by atoms with van der Waals surface area (Å²) in [6, 6.07) is 15.6. The Morgan fingerprint density at radius 2 is 1.72 bits per heavy atom. The Kier molecular flexibility index (Phi) is 5.88. The predicted molar refractivity (Wildman–Crippen MR) is 143 cm³/mol. The molecular formula is C27H31N9. The van der Waals surface area contributed by atoms with Gasteiger partial charge in [-0.2, -0.15) is 0 Å². The Morgan fingerprint density at radius 3 is 2.50 bits per heavy atom. The largest absolute Gasteiger partial charge is 0.382 e. The van der Waals surface area contributed by atoms with E-state index in [1.807, 2.05) is 4.57 Å². The Hall–Kier alpha value is -3.79. The number of hydrogen-bond acceptors (Lipinski definition) is 7. The lowest BCUT2D eigenvalue weighted by molar-refractivity contribution is 0.148. The number of nitrogen functional groups attached to an aromatic ring is 1. The van der Waals surface area contributed by atoms with Gasteiger partial charge in [-0.3, -0.25) is 4.90 Å². The number of aromatic amines is 1. The molecule has 36 heavy (non-hydrogen) atoms. The maximum absolute atomic E-state index is 6.00. The molecule has 2 aromatic carbocycles. The first-order valence-electron chi connectivity index (χ1n) is 12.3. The maximum atomic E-state index is 6.00. The van der Waals surface area contributed by atoms with Crippen molar-refractivity contribution in [2.24, 2.45) is 5.73 Å².